The number of carbonyl (C=O) groups excluding carboxylic acids is 1. The highest BCUT2D eigenvalue weighted by molar-refractivity contribution is 5.80. The number of benzene rings is 1. The van der Waals surface area contributed by atoms with E-state index in [1.165, 1.54) is 0 Å². The molecule has 1 fully saturated rings. The van der Waals surface area contributed by atoms with E-state index in [0.29, 0.717) is 12.3 Å². The molecule has 1 aromatic rings. The summed E-state index contributed by atoms with van der Waals surface area (Å²) in [5.41, 5.74) is 7.23. The van der Waals surface area contributed by atoms with Crippen molar-refractivity contribution in [3.63, 3.8) is 0 Å². The Hall–Kier alpha value is -1.55. The molecule has 1 heterocycles. The first-order valence-corrected chi connectivity index (χ1v) is 6.72. The van der Waals surface area contributed by atoms with E-state index < -0.39 is 0 Å². The van der Waals surface area contributed by atoms with Gasteiger partial charge in [-0.3, -0.25) is 4.79 Å². The third kappa shape index (κ3) is 2.89. The van der Waals surface area contributed by atoms with Crippen molar-refractivity contribution in [3.8, 4) is 5.75 Å². The van der Waals surface area contributed by atoms with Gasteiger partial charge in [-0.05, 0) is 23.6 Å². The Labute approximate surface area is 114 Å². The maximum Gasteiger partial charge on any atom is 0.224 e. The molecule has 1 aliphatic heterocycles. The van der Waals surface area contributed by atoms with Crippen LogP contribution < -0.4 is 10.5 Å². The van der Waals surface area contributed by atoms with E-state index in [1.807, 2.05) is 29.2 Å². The summed E-state index contributed by atoms with van der Waals surface area (Å²) in [7, 11) is 1.64. The number of hydrogen-bond donors (Lipinski definition) is 1. The second kappa shape index (κ2) is 5.61. The molecule has 2 N–H and O–H groups in total. The molecule has 4 heteroatoms. The summed E-state index contributed by atoms with van der Waals surface area (Å²) in [5.74, 6) is 1.41. The predicted molar refractivity (Wildman–Crippen MR) is 74.9 cm³/mol. The van der Waals surface area contributed by atoms with Crippen molar-refractivity contribution in [1.82, 2.24) is 4.90 Å². The lowest BCUT2D eigenvalue weighted by Gasteiger charge is -2.28. The number of rotatable bonds is 4. The zero-order valence-corrected chi connectivity index (χ0v) is 11.8. The highest BCUT2D eigenvalue weighted by Gasteiger charge is 2.38. The standard InChI is InChI=1S/C15H22N2O2/c1-10(2)9-17-14(18)8-13(16)15(17)11-4-6-12(19-3)7-5-11/h4-7,10,13,15H,8-9,16H2,1-3H3. The van der Waals surface area contributed by atoms with Crippen LogP contribution >= 0.6 is 0 Å². The minimum atomic E-state index is -0.125. The van der Waals surface area contributed by atoms with Crippen molar-refractivity contribution in [2.24, 2.45) is 11.7 Å². The number of amides is 1. The van der Waals surface area contributed by atoms with Crippen molar-refractivity contribution >= 4 is 5.91 Å². The summed E-state index contributed by atoms with van der Waals surface area (Å²) in [6.45, 7) is 4.98. The third-order valence-electron chi connectivity index (χ3n) is 3.49. The molecule has 2 unspecified atom stereocenters. The van der Waals surface area contributed by atoms with Gasteiger partial charge < -0.3 is 15.4 Å². The molecule has 1 saturated heterocycles. The fraction of sp³-hybridized carbons (Fsp3) is 0.533. The number of methoxy groups -OCH3 is 1. The van der Waals surface area contributed by atoms with Gasteiger partial charge in [0.05, 0.1) is 13.2 Å². The van der Waals surface area contributed by atoms with Gasteiger partial charge in [0.2, 0.25) is 5.91 Å². The lowest BCUT2D eigenvalue weighted by atomic mass is 10.00. The van der Waals surface area contributed by atoms with Crippen LogP contribution in [-0.4, -0.2) is 30.5 Å². The van der Waals surface area contributed by atoms with Crippen LogP contribution in [0.2, 0.25) is 0 Å². The molecular weight excluding hydrogens is 240 g/mol. The van der Waals surface area contributed by atoms with Gasteiger partial charge in [-0.2, -0.15) is 0 Å². The number of nitrogens with two attached hydrogens (primary N) is 1. The average molecular weight is 262 g/mol. The molecule has 0 aromatic heterocycles. The second-order valence-corrected chi connectivity index (χ2v) is 5.53. The van der Waals surface area contributed by atoms with Crippen LogP contribution in [0.25, 0.3) is 0 Å². The predicted octanol–water partition coefficient (Wildman–Crippen LogP) is 1.95. The minimum absolute atomic E-state index is 0.0131. The van der Waals surface area contributed by atoms with Crippen LogP contribution in [0.15, 0.2) is 24.3 Å². The highest BCUT2D eigenvalue weighted by atomic mass is 16.5. The SMILES string of the molecule is COc1ccc(C2C(N)CC(=O)N2CC(C)C)cc1. The summed E-state index contributed by atoms with van der Waals surface area (Å²) >= 11 is 0. The molecule has 4 nitrogen and oxygen atoms in total. The quantitative estimate of drug-likeness (QED) is 0.902. The van der Waals surface area contributed by atoms with Gasteiger partial charge in [0, 0.05) is 19.0 Å². The van der Waals surface area contributed by atoms with Gasteiger partial charge >= 0.3 is 0 Å². The first kappa shape index (κ1) is 13.9. The van der Waals surface area contributed by atoms with Gasteiger partial charge in [0.1, 0.15) is 5.75 Å². The maximum atomic E-state index is 12.0. The number of hydrogen-bond acceptors (Lipinski definition) is 3. The Bertz CT molecular complexity index is 442. The van der Waals surface area contributed by atoms with E-state index >= 15 is 0 Å². The van der Waals surface area contributed by atoms with E-state index in [0.717, 1.165) is 17.9 Å². The fourth-order valence-electron chi connectivity index (χ4n) is 2.65. The Morgan fingerprint density at radius 1 is 1.37 bits per heavy atom. The topological polar surface area (TPSA) is 55.6 Å². The van der Waals surface area contributed by atoms with Gasteiger partial charge in [0.15, 0.2) is 0 Å². The zero-order chi connectivity index (χ0) is 14.0. The molecule has 1 amide bonds. The number of nitrogens with zero attached hydrogens (tertiary/aromatic N) is 1. The van der Waals surface area contributed by atoms with Crippen LogP contribution in [0.4, 0.5) is 0 Å². The van der Waals surface area contributed by atoms with Crippen LogP contribution in [-0.2, 0) is 4.79 Å². The molecule has 0 saturated carbocycles. The van der Waals surface area contributed by atoms with Crippen molar-refractivity contribution in [3.05, 3.63) is 29.8 Å². The first-order valence-electron chi connectivity index (χ1n) is 6.72. The summed E-state index contributed by atoms with van der Waals surface area (Å²) < 4.78 is 5.16. The molecule has 0 bridgehead atoms. The van der Waals surface area contributed by atoms with Gasteiger partial charge in [-0.25, -0.2) is 0 Å². The van der Waals surface area contributed by atoms with Crippen molar-refractivity contribution in [2.75, 3.05) is 13.7 Å². The highest BCUT2D eigenvalue weighted by Crippen LogP contribution is 2.33. The molecule has 0 aliphatic carbocycles. The Kier molecular flexibility index (Phi) is 4.10. The van der Waals surface area contributed by atoms with E-state index in [-0.39, 0.29) is 18.0 Å². The molecule has 1 aromatic carbocycles. The largest absolute Gasteiger partial charge is 0.497 e. The van der Waals surface area contributed by atoms with Gasteiger partial charge in [-0.1, -0.05) is 26.0 Å². The minimum Gasteiger partial charge on any atom is -0.497 e. The van der Waals surface area contributed by atoms with Crippen LogP contribution in [0.1, 0.15) is 31.9 Å². The molecule has 2 rings (SSSR count). The lowest BCUT2D eigenvalue weighted by Crippen LogP contribution is -2.35. The number of likely N-dealkylation sites (tertiary alicyclic amines) is 1. The molecule has 19 heavy (non-hydrogen) atoms. The molecule has 104 valence electrons. The average Bonchev–Trinajstić information content (AvgIpc) is 2.64. The van der Waals surface area contributed by atoms with E-state index in [4.69, 9.17) is 10.5 Å². The second-order valence-electron chi connectivity index (χ2n) is 5.53. The van der Waals surface area contributed by atoms with Crippen LogP contribution in [0.3, 0.4) is 0 Å². The summed E-state index contributed by atoms with van der Waals surface area (Å²) in [5, 5.41) is 0. The number of carbonyl (C=O) groups is 1. The molecule has 0 radical (unpaired) electrons. The Morgan fingerprint density at radius 3 is 2.53 bits per heavy atom. The van der Waals surface area contributed by atoms with Crippen molar-refractivity contribution in [1.29, 1.82) is 0 Å². The first-order chi connectivity index (χ1) is 9.02. The zero-order valence-electron chi connectivity index (χ0n) is 11.8. The summed E-state index contributed by atoms with van der Waals surface area (Å²) in [6, 6.07) is 7.68. The van der Waals surface area contributed by atoms with E-state index in [1.54, 1.807) is 7.11 Å². The summed E-state index contributed by atoms with van der Waals surface area (Å²) in [6.07, 6.45) is 0.434. The normalized spacial score (nSPS) is 23.2. The fourth-order valence-corrected chi connectivity index (χ4v) is 2.65. The van der Waals surface area contributed by atoms with E-state index in [2.05, 4.69) is 13.8 Å². The van der Waals surface area contributed by atoms with Gasteiger partial charge in [0.25, 0.3) is 0 Å². The number of ether oxygens (including phenoxy) is 1. The third-order valence-corrected chi connectivity index (χ3v) is 3.49. The molecule has 2 atom stereocenters. The summed E-state index contributed by atoms with van der Waals surface area (Å²) in [4.78, 5) is 14.0. The Balaban J connectivity index is 2.25. The monoisotopic (exact) mass is 262 g/mol. The van der Waals surface area contributed by atoms with E-state index in [9.17, 15) is 4.79 Å². The smallest absolute Gasteiger partial charge is 0.224 e. The molecular formula is C15H22N2O2. The molecule has 0 spiro atoms. The van der Waals surface area contributed by atoms with Crippen LogP contribution in [0.5, 0.6) is 5.75 Å². The van der Waals surface area contributed by atoms with Crippen molar-refractivity contribution < 1.29 is 9.53 Å². The van der Waals surface area contributed by atoms with Gasteiger partial charge in [-0.15, -0.1) is 0 Å². The van der Waals surface area contributed by atoms with Crippen LogP contribution in [0, 0.1) is 5.92 Å². The van der Waals surface area contributed by atoms with Crippen molar-refractivity contribution in [2.45, 2.75) is 32.4 Å². The lowest BCUT2D eigenvalue weighted by molar-refractivity contribution is -0.129. The maximum absolute atomic E-state index is 12.0. The molecule has 1 aliphatic rings. The Morgan fingerprint density at radius 2 is 2.00 bits per heavy atom.